The fraction of sp³-hybridized carbons (Fsp3) is 0.533. The molecular weight excluding hydrogens is 417 g/mol. The molecule has 0 spiro atoms. The zero-order chi connectivity index (χ0) is 14.6. The molecule has 1 aromatic rings. The molecule has 3 nitrogen and oxygen atoms in total. The maximum absolute atomic E-state index is 5.87. The van der Waals surface area contributed by atoms with Crippen molar-refractivity contribution in [2.24, 2.45) is 4.99 Å². The van der Waals surface area contributed by atoms with Gasteiger partial charge in [-0.1, -0.05) is 23.7 Å². The molecule has 0 fully saturated rings. The van der Waals surface area contributed by atoms with Crippen molar-refractivity contribution in [3.63, 3.8) is 0 Å². The number of benzene rings is 1. The lowest BCUT2D eigenvalue weighted by Gasteiger charge is -2.11. The van der Waals surface area contributed by atoms with Crippen LogP contribution < -0.4 is 10.6 Å². The van der Waals surface area contributed by atoms with Gasteiger partial charge in [0.2, 0.25) is 0 Å². The van der Waals surface area contributed by atoms with Crippen LogP contribution in [0.3, 0.4) is 0 Å². The third-order valence-electron chi connectivity index (χ3n) is 2.74. The second-order valence-electron chi connectivity index (χ2n) is 4.41. The molecule has 1 rings (SSSR count). The Morgan fingerprint density at radius 2 is 1.95 bits per heavy atom. The van der Waals surface area contributed by atoms with E-state index in [4.69, 9.17) is 11.6 Å². The van der Waals surface area contributed by atoms with Gasteiger partial charge in [0.1, 0.15) is 0 Å². The van der Waals surface area contributed by atoms with Gasteiger partial charge < -0.3 is 10.6 Å². The van der Waals surface area contributed by atoms with Gasteiger partial charge in [-0.05, 0) is 49.5 Å². The van der Waals surface area contributed by atoms with E-state index in [0.29, 0.717) is 0 Å². The van der Waals surface area contributed by atoms with Crippen molar-refractivity contribution in [1.29, 1.82) is 0 Å². The van der Waals surface area contributed by atoms with Gasteiger partial charge in [0.05, 0.1) is 0 Å². The Bertz CT molecular complexity index is 398. The summed E-state index contributed by atoms with van der Waals surface area (Å²) in [5.74, 6) is 2.07. The first kappa shape index (κ1) is 20.9. The van der Waals surface area contributed by atoms with E-state index in [0.717, 1.165) is 49.2 Å². The number of halogens is 2. The van der Waals surface area contributed by atoms with Gasteiger partial charge in [-0.25, -0.2) is 0 Å². The topological polar surface area (TPSA) is 36.4 Å². The molecule has 0 bridgehead atoms. The molecule has 0 radical (unpaired) electrons. The first-order chi connectivity index (χ1) is 9.76. The Kier molecular flexibility index (Phi) is 13.4. The second-order valence-corrected chi connectivity index (χ2v) is 5.83. The lowest BCUT2D eigenvalue weighted by Crippen LogP contribution is -2.38. The van der Waals surface area contributed by atoms with Crippen LogP contribution in [0, 0.1) is 0 Å². The van der Waals surface area contributed by atoms with Crippen molar-refractivity contribution in [3.05, 3.63) is 34.9 Å². The maximum atomic E-state index is 5.87. The average Bonchev–Trinajstić information content (AvgIpc) is 2.45. The van der Waals surface area contributed by atoms with Crippen molar-refractivity contribution in [2.45, 2.75) is 19.8 Å². The van der Waals surface area contributed by atoms with Gasteiger partial charge in [-0.15, -0.1) is 24.0 Å². The van der Waals surface area contributed by atoms with Crippen LogP contribution in [0.4, 0.5) is 0 Å². The smallest absolute Gasteiger partial charge is 0.191 e. The summed E-state index contributed by atoms with van der Waals surface area (Å²) in [4.78, 5) is 4.56. The van der Waals surface area contributed by atoms with Gasteiger partial charge in [-0.3, -0.25) is 4.99 Å². The van der Waals surface area contributed by atoms with Crippen molar-refractivity contribution < 1.29 is 0 Å². The summed E-state index contributed by atoms with van der Waals surface area (Å²) in [5, 5.41) is 7.41. The number of rotatable bonds is 8. The quantitative estimate of drug-likeness (QED) is 0.279. The van der Waals surface area contributed by atoms with E-state index < -0.39 is 0 Å². The summed E-state index contributed by atoms with van der Waals surface area (Å²) in [6.07, 6.45) is 4.21. The number of guanidine groups is 1. The molecule has 0 saturated carbocycles. The molecule has 6 heteroatoms. The van der Waals surface area contributed by atoms with E-state index in [1.165, 1.54) is 5.56 Å². The monoisotopic (exact) mass is 441 g/mol. The molecule has 0 atom stereocenters. The highest BCUT2D eigenvalue weighted by molar-refractivity contribution is 14.0. The highest BCUT2D eigenvalue weighted by Gasteiger charge is 1.98. The zero-order valence-electron chi connectivity index (χ0n) is 12.7. The van der Waals surface area contributed by atoms with Crippen LogP contribution in [0.25, 0.3) is 0 Å². The van der Waals surface area contributed by atoms with Gasteiger partial charge in [-0.2, -0.15) is 11.8 Å². The summed E-state index contributed by atoms with van der Waals surface area (Å²) >= 11 is 7.74. The van der Waals surface area contributed by atoms with E-state index in [1.807, 2.05) is 23.9 Å². The first-order valence-electron chi connectivity index (χ1n) is 7.01. The highest BCUT2D eigenvalue weighted by Crippen LogP contribution is 2.09. The van der Waals surface area contributed by atoms with Crippen LogP contribution in [0.15, 0.2) is 29.3 Å². The fourth-order valence-corrected chi connectivity index (χ4v) is 2.26. The highest BCUT2D eigenvalue weighted by atomic mass is 127. The van der Waals surface area contributed by atoms with Gasteiger partial charge in [0.15, 0.2) is 5.96 Å². The maximum Gasteiger partial charge on any atom is 0.191 e. The van der Waals surface area contributed by atoms with Crippen LogP contribution in [-0.4, -0.2) is 37.6 Å². The molecule has 0 unspecified atom stereocenters. The third-order valence-corrected chi connectivity index (χ3v) is 3.69. The van der Waals surface area contributed by atoms with Crippen LogP contribution in [0.1, 0.15) is 18.9 Å². The zero-order valence-corrected chi connectivity index (χ0v) is 16.6. The predicted octanol–water partition coefficient (Wildman–Crippen LogP) is 3.81. The fourth-order valence-electron chi connectivity index (χ4n) is 1.72. The summed E-state index contributed by atoms with van der Waals surface area (Å²) in [5.41, 5.74) is 1.28. The lowest BCUT2D eigenvalue weighted by molar-refractivity contribution is 0.794. The minimum atomic E-state index is 0. The molecule has 0 amide bonds. The molecule has 0 aliphatic rings. The number of aliphatic imine (C=N–C) groups is 1. The SMILES string of the molecule is CCNC(=NCCCSC)NCCc1ccc(Cl)cc1.I. The van der Waals surface area contributed by atoms with E-state index in [9.17, 15) is 0 Å². The van der Waals surface area contributed by atoms with Crippen molar-refractivity contribution >= 4 is 53.3 Å². The molecule has 0 saturated heterocycles. The van der Waals surface area contributed by atoms with Crippen LogP contribution in [0.2, 0.25) is 5.02 Å². The predicted molar refractivity (Wildman–Crippen MR) is 108 cm³/mol. The van der Waals surface area contributed by atoms with Gasteiger partial charge >= 0.3 is 0 Å². The summed E-state index contributed by atoms with van der Waals surface area (Å²) in [7, 11) is 0. The van der Waals surface area contributed by atoms with Crippen LogP contribution in [-0.2, 0) is 6.42 Å². The molecule has 0 aliphatic heterocycles. The van der Waals surface area contributed by atoms with Crippen LogP contribution in [0.5, 0.6) is 0 Å². The summed E-state index contributed by atoms with van der Waals surface area (Å²) in [6.45, 7) is 4.71. The average molecular weight is 442 g/mol. The van der Waals surface area contributed by atoms with Crippen molar-refractivity contribution in [2.75, 3.05) is 31.6 Å². The first-order valence-corrected chi connectivity index (χ1v) is 8.79. The minimum absolute atomic E-state index is 0. The normalized spacial score (nSPS) is 10.9. The third kappa shape index (κ3) is 10.3. The second kappa shape index (κ2) is 13.5. The molecule has 120 valence electrons. The number of hydrogen-bond acceptors (Lipinski definition) is 2. The number of thioether (sulfide) groups is 1. The van der Waals surface area contributed by atoms with Gasteiger partial charge in [0, 0.05) is 24.7 Å². The number of hydrogen-bond donors (Lipinski definition) is 2. The number of nitrogens with zero attached hydrogens (tertiary/aromatic N) is 1. The summed E-state index contributed by atoms with van der Waals surface area (Å²) in [6, 6.07) is 7.98. The van der Waals surface area contributed by atoms with Crippen molar-refractivity contribution in [3.8, 4) is 0 Å². The Balaban J connectivity index is 0.00000400. The molecule has 21 heavy (non-hydrogen) atoms. The minimum Gasteiger partial charge on any atom is -0.357 e. The molecule has 0 aliphatic carbocycles. The molecule has 2 N–H and O–H groups in total. The van der Waals surface area contributed by atoms with E-state index in [-0.39, 0.29) is 24.0 Å². The van der Waals surface area contributed by atoms with E-state index in [1.54, 1.807) is 0 Å². The van der Waals surface area contributed by atoms with E-state index in [2.05, 4.69) is 40.9 Å². The Hall–Kier alpha value is -0.140. The van der Waals surface area contributed by atoms with Gasteiger partial charge in [0.25, 0.3) is 0 Å². The van der Waals surface area contributed by atoms with Crippen molar-refractivity contribution in [1.82, 2.24) is 10.6 Å². The Labute approximate surface area is 154 Å². The Morgan fingerprint density at radius 1 is 1.24 bits per heavy atom. The standard InChI is InChI=1S/C15H24ClN3S.HI/c1-3-17-15(18-10-4-12-20-2)19-11-9-13-5-7-14(16)8-6-13;/h5-8H,3-4,9-12H2,1-2H3,(H2,17,18,19);1H. The largest absolute Gasteiger partial charge is 0.357 e. The lowest BCUT2D eigenvalue weighted by atomic mass is 10.1. The molecule has 1 aromatic carbocycles. The molecular formula is C15H25ClIN3S. The van der Waals surface area contributed by atoms with E-state index >= 15 is 0 Å². The summed E-state index contributed by atoms with van der Waals surface area (Å²) < 4.78 is 0. The van der Waals surface area contributed by atoms with Crippen LogP contribution >= 0.6 is 47.3 Å². The Morgan fingerprint density at radius 3 is 2.57 bits per heavy atom. The number of nitrogens with one attached hydrogen (secondary N) is 2. The molecule has 0 aromatic heterocycles. The molecule has 0 heterocycles.